The number of hydrogen-bond acceptors (Lipinski definition) is 4. The van der Waals surface area contributed by atoms with Gasteiger partial charge in [0.2, 0.25) is 11.8 Å². The monoisotopic (exact) mass is 624 g/mol. The number of benzene rings is 2. The quantitative estimate of drug-likeness (QED) is 0.362. The fourth-order valence-electron chi connectivity index (χ4n) is 6.51. The van der Waals surface area contributed by atoms with Crippen LogP contribution in [0.15, 0.2) is 47.4 Å². The second kappa shape index (κ2) is 9.64. The summed E-state index contributed by atoms with van der Waals surface area (Å²) in [5.74, 6) is -2.47. The van der Waals surface area contributed by atoms with Crippen LogP contribution in [0.3, 0.4) is 0 Å². The van der Waals surface area contributed by atoms with E-state index < -0.39 is 68.4 Å². The fraction of sp³-hybridized carbons (Fsp3) is 0.481. The van der Waals surface area contributed by atoms with E-state index in [0.717, 1.165) is 30.3 Å². The molecular formula is C27H24F8N2O4S. The first-order valence-electron chi connectivity index (χ1n) is 12.9. The highest BCUT2D eigenvalue weighted by atomic mass is 32.2. The van der Waals surface area contributed by atoms with Crippen molar-refractivity contribution in [2.45, 2.75) is 59.4 Å². The average Bonchev–Trinajstić information content (AvgIpc) is 3.48. The minimum Gasteiger partial charge on any atom is -0.339 e. The largest absolute Gasteiger partial charge is 0.435 e. The van der Waals surface area contributed by atoms with Gasteiger partial charge in [-0.05, 0) is 54.7 Å². The zero-order valence-electron chi connectivity index (χ0n) is 21.9. The van der Waals surface area contributed by atoms with E-state index in [1.165, 1.54) is 16.8 Å². The normalized spacial score (nSPS) is 25.0. The Morgan fingerprint density at radius 2 is 1.55 bits per heavy atom. The first-order chi connectivity index (χ1) is 19.4. The van der Waals surface area contributed by atoms with Gasteiger partial charge in [-0.25, -0.2) is 17.2 Å². The van der Waals surface area contributed by atoms with Crippen LogP contribution in [0.2, 0.25) is 0 Å². The summed E-state index contributed by atoms with van der Waals surface area (Å²) in [5, 5.41) is 0. The number of amides is 2. The molecule has 5 rings (SSSR count). The molecule has 1 aliphatic carbocycles. The number of rotatable bonds is 4. The number of halogens is 8. The van der Waals surface area contributed by atoms with Gasteiger partial charge < -0.3 is 9.80 Å². The van der Waals surface area contributed by atoms with Gasteiger partial charge in [-0.3, -0.25) is 9.59 Å². The lowest BCUT2D eigenvalue weighted by molar-refractivity contribution is -0.348. The van der Waals surface area contributed by atoms with Crippen LogP contribution in [-0.2, 0) is 36.3 Å². The molecule has 2 saturated heterocycles. The van der Waals surface area contributed by atoms with Crippen molar-refractivity contribution in [3.8, 4) is 0 Å². The van der Waals surface area contributed by atoms with Gasteiger partial charge >= 0.3 is 18.0 Å². The summed E-state index contributed by atoms with van der Waals surface area (Å²) in [6.45, 7) is -0.655. The Kier molecular flexibility index (Phi) is 6.94. The summed E-state index contributed by atoms with van der Waals surface area (Å²) in [5.41, 5.74) is -7.87. The van der Waals surface area contributed by atoms with Crippen molar-refractivity contribution in [3.63, 3.8) is 0 Å². The fourth-order valence-corrected chi connectivity index (χ4v) is 8.87. The first kappa shape index (κ1) is 30.2. The number of sulfone groups is 1. The van der Waals surface area contributed by atoms with E-state index in [9.17, 15) is 53.1 Å². The van der Waals surface area contributed by atoms with E-state index in [-0.39, 0.29) is 60.2 Å². The molecule has 2 heterocycles. The highest BCUT2D eigenvalue weighted by Gasteiger charge is 2.73. The highest BCUT2D eigenvalue weighted by Crippen LogP contribution is 2.56. The standard InChI is InChI=1S/C27H24F8N2O4S/c1-36-21(10-11-22(36)38)23(39)37-13-17-3-2-15-12-16(25(29,26(30,31)32)27(33,34)35)4-9-20(15)24(17,14-37)42(40,41)19-7-5-18(28)6-8-19/h4-9,12,17,21H,2-3,10-11,13-14H2,1H3/t17?,21-,24?/m0/s1. The Hall–Kier alpha value is -3.23. The van der Waals surface area contributed by atoms with Crippen molar-refractivity contribution in [2.75, 3.05) is 20.1 Å². The summed E-state index contributed by atoms with van der Waals surface area (Å²) < 4.78 is 136. The molecule has 3 atom stereocenters. The molecule has 15 heteroatoms. The minimum atomic E-state index is -6.37. The molecule has 6 nitrogen and oxygen atoms in total. The number of hydrogen-bond donors (Lipinski definition) is 0. The van der Waals surface area contributed by atoms with Gasteiger partial charge in [0.1, 0.15) is 16.6 Å². The topological polar surface area (TPSA) is 74.8 Å². The second-order valence-electron chi connectivity index (χ2n) is 10.9. The number of carbonyl (C=O) groups excluding carboxylic acids is 2. The Morgan fingerprint density at radius 1 is 0.929 bits per heavy atom. The lowest BCUT2D eigenvalue weighted by atomic mass is 9.75. The van der Waals surface area contributed by atoms with Crippen molar-refractivity contribution in [1.29, 1.82) is 0 Å². The van der Waals surface area contributed by atoms with Crippen LogP contribution in [-0.4, -0.2) is 68.6 Å². The van der Waals surface area contributed by atoms with Crippen LogP contribution in [0.4, 0.5) is 35.1 Å². The van der Waals surface area contributed by atoms with Crippen LogP contribution in [0.1, 0.15) is 36.0 Å². The summed E-state index contributed by atoms with van der Waals surface area (Å²) in [4.78, 5) is 27.6. The molecule has 2 fully saturated rings. The molecule has 0 radical (unpaired) electrons. The van der Waals surface area contributed by atoms with E-state index in [4.69, 9.17) is 0 Å². The van der Waals surface area contributed by atoms with Crippen molar-refractivity contribution < 1.29 is 53.1 Å². The predicted molar refractivity (Wildman–Crippen MR) is 131 cm³/mol. The number of fused-ring (bicyclic) bond motifs is 3. The van der Waals surface area contributed by atoms with Gasteiger partial charge in [0, 0.05) is 38.0 Å². The summed E-state index contributed by atoms with van der Waals surface area (Å²) in [6.07, 6.45) is -12.7. The van der Waals surface area contributed by atoms with Crippen LogP contribution in [0.5, 0.6) is 0 Å². The summed E-state index contributed by atoms with van der Waals surface area (Å²) in [7, 11) is -3.17. The van der Waals surface area contributed by atoms with Crippen LogP contribution in [0.25, 0.3) is 0 Å². The number of likely N-dealkylation sites (N-methyl/N-ethyl adjacent to an activating group) is 1. The molecule has 3 aliphatic rings. The molecular weight excluding hydrogens is 600 g/mol. The van der Waals surface area contributed by atoms with Crippen LogP contribution in [0, 0.1) is 11.7 Å². The van der Waals surface area contributed by atoms with E-state index in [1.807, 2.05) is 0 Å². The molecule has 42 heavy (non-hydrogen) atoms. The summed E-state index contributed by atoms with van der Waals surface area (Å²) >= 11 is 0. The summed E-state index contributed by atoms with van der Waals surface area (Å²) in [6, 6.07) is 4.26. The van der Waals surface area contributed by atoms with Crippen molar-refractivity contribution in [2.24, 2.45) is 5.92 Å². The minimum absolute atomic E-state index is 0.0720. The molecule has 228 valence electrons. The van der Waals surface area contributed by atoms with Gasteiger partial charge in [-0.2, -0.15) is 26.3 Å². The van der Waals surface area contributed by atoms with Crippen molar-refractivity contribution in [3.05, 3.63) is 65.0 Å². The van der Waals surface area contributed by atoms with E-state index in [2.05, 4.69) is 0 Å². The zero-order valence-corrected chi connectivity index (χ0v) is 22.7. The molecule has 0 saturated carbocycles. The molecule has 0 N–H and O–H groups in total. The Balaban J connectivity index is 1.68. The maximum absolute atomic E-state index is 14.9. The SMILES string of the molecule is CN1C(=O)CC[C@H]1C(=O)N1CC2CCc3cc(C(F)(C(F)(F)F)C(F)(F)F)ccc3C2(S(=O)(=O)c2ccc(F)cc2)C1. The van der Waals surface area contributed by atoms with E-state index in [0.29, 0.717) is 6.07 Å². The third kappa shape index (κ3) is 4.21. The van der Waals surface area contributed by atoms with Crippen LogP contribution >= 0.6 is 0 Å². The smallest absolute Gasteiger partial charge is 0.339 e. The Labute approximate surface area is 235 Å². The number of aryl methyl sites for hydroxylation is 1. The van der Waals surface area contributed by atoms with Crippen molar-refractivity contribution >= 4 is 21.7 Å². The van der Waals surface area contributed by atoms with E-state index in [1.54, 1.807) is 0 Å². The molecule has 2 aromatic carbocycles. The van der Waals surface area contributed by atoms with Gasteiger partial charge in [-0.15, -0.1) is 0 Å². The lowest BCUT2D eigenvalue weighted by Gasteiger charge is -2.40. The number of carbonyl (C=O) groups is 2. The van der Waals surface area contributed by atoms with Crippen molar-refractivity contribution in [1.82, 2.24) is 9.80 Å². The van der Waals surface area contributed by atoms with Gasteiger partial charge in [-0.1, -0.05) is 18.2 Å². The number of likely N-dealkylation sites (tertiary alicyclic amines) is 2. The molecule has 2 unspecified atom stereocenters. The van der Waals surface area contributed by atoms with Crippen LogP contribution < -0.4 is 0 Å². The average molecular weight is 625 g/mol. The Morgan fingerprint density at radius 3 is 2.10 bits per heavy atom. The third-order valence-electron chi connectivity index (χ3n) is 8.72. The Bertz CT molecular complexity index is 1530. The molecule has 0 spiro atoms. The third-order valence-corrected chi connectivity index (χ3v) is 11.3. The van der Waals surface area contributed by atoms with Gasteiger partial charge in [0.25, 0.3) is 0 Å². The number of nitrogens with zero attached hydrogens (tertiary/aromatic N) is 2. The lowest BCUT2D eigenvalue weighted by Crippen LogP contribution is -2.51. The molecule has 2 aliphatic heterocycles. The number of alkyl halides is 7. The van der Waals surface area contributed by atoms with E-state index >= 15 is 0 Å². The zero-order chi connectivity index (χ0) is 31.0. The molecule has 2 aromatic rings. The highest BCUT2D eigenvalue weighted by molar-refractivity contribution is 7.92. The maximum atomic E-state index is 14.9. The predicted octanol–water partition coefficient (Wildman–Crippen LogP) is 4.81. The molecule has 2 amide bonds. The maximum Gasteiger partial charge on any atom is 0.435 e. The molecule has 0 bridgehead atoms. The second-order valence-corrected chi connectivity index (χ2v) is 13.1. The first-order valence-corrected chi connectivity index (χ1v) is 14.4. The van der Waals surface area contributed by atoms with Gasteiger partial charge in [0.15, 0.2) is 9.84 Å². The van der Waals surface area contributed by atoms with Gasteiger partial charge in [0.05, 0.1) is 4.90 Å². The molecule has 0 aromatic heterocycles.